The maximum atomic E-state index is 12.2. The molecule has 6 nitrogen and oxygen atoms in total. The van der Waals surface area contributed by atoms with Gasteiger partial charge in [-0.05, 0) is 26.3 Å². The Hall–Kier alpha value is -2.37. The number of imide groups is 1. The van der Waals surface area contributed by atoms with Crippen molar-refractivity contribution in [3.05, 3.63) is 35.9 Å². The lowest BCUT2D eigenvalue weighted by Gasteiger charge is -2.44. The van der Waals surface area contributed by atoms with Crippen molar-refractivity contribution in [2.24, 2.45) is 0 Å². The highest BCUT2D eigenvalue weighted by molar-refractivity contribution is 6.02. The van der Waals surface area contributed by atoms with Crippen LogP contribution in [-0.2, 0) is 19.1 Å². The van der Waals surface area contributed by atoms with Gasteiger partial charge in [-0.15, -0.1) is 0 Å². The number of carbonyl (C=O) groups is 3. The van der Waals surface area contributed by atoms with Gasteiger partial charge in [0.25, 0.3) is 5.91 Å². The number of ether oxygens (including phenoxy) is 2. The molecule has 1 aromatic carbocycles. The molecule has 2 rings (SSSR count). The molecule has 22 heavy (non-hydrogen) atoms. The molecule has 0 aromatic heterocycles. The molecule has 2 unspecified atom stereocenters. The van der Waals surface area contributed by atoms with Crippen molar-refractivity contribution < 1.29 is 23.9 Å². The monoisotopic (exact) mass is 305 g/mol. The number of hydrogen-bond donors (Lipinski definition) is 0. The minimum absolute atomic E-state index is 0.567. The highest BCUT2D eigenvalue weighted by Gasteiger charge is 2.55. The number of benzene rings is 1. The van der Waals surface area contributed by atoms with Gasteiger partial charge in [0.05, 0.1) is 0 Å². The van der Waals surface area contributed by atoms with Gasteiger partial charge in [0.2, 0.25) is 6.10 Å². The molecule has 0 N–H and O–H groups in total. The Labute approximate surface area is 129 Å². The van der Waals surface area contributed by atoms with Crippen LogP contribution >= 0.6 is 0 Å². The van der Waals surface area contributed by atoms with Crippen LogP contribution in [0.3, 0.4) is 0 Å². The third-order valence-electron chi connectivity index (χ3n) is 3.07. The molecule has 1 aliphatic rings. The minimum Gasteiger partial charge on any atom is -0.450 e. The molecule has 2 atom stereocenters. The number of likely N-dealkylation sites (tertiary alicyclic amines) is 1. The van der Waals surface area contributed by atoms with E-state index in [4.69, 9.17) is 9.47 Å². The number of hydrogen-bond acceptors (Lipinski definition) is 5. The molecule has 6 heteroatoms. The standard InChI is InChI=1S/C16H19NO5/c1-10(18)21-13-12(11-8-6-5-7-9-11)17(14(13)19)15(20)22-16(2,3)4/h5-9,12-13H,1-4H3. The van der Waals surface area contributed by atoms with E-state index in [1.54, 1.807) is 45.0 Å². The Bertz CT molecular complexity index is 590. The molecular formula is C16H19NO5. The van der Waals surface area contributed by atoms with Crippen LogP contribution in [0.1, 0.15) is 39.3 Å². The van der Waals surface area contributed by atoms with Crippen LogP contribution in [-0.4, -0.2) is 34.6 Å². The Morgan fingerprint density at radius 2 is 1.73 bits per heavy atom. The number of rotatable bonds is 2. The molecule has 1 heterocycles. The summed E-state index contributed by atoms with van der Waals surface area (Å²) in [5, 5.41) is 0. The Morgan fingerprint density at radius 1 is 1.14 bits per heavy atom. The maximum absolute atomic E-state index is 12.2. The minimum atomic E-state index is -0.993. The molecule has 0 radical (unpaired) electrons. The van der Waals surface area contributed by atoms with Crippen molar-refractivity contribution >= 4 is 18.0 Å². The summed E-state index contributed by atoms with van der Waals surface area (Å²) in [5.74, 6) is -1.14. The van der Waals surface area contributed by atoms with Crippen LogP contribution in [0.5, 0.6) is 0 Å². The van der Waals surface area contributed by atoms with Gasteiger partial charge < -0.3 is 9.47 Å². The summed E-state index contributed by atoms with van der Waals surface area (Å²) in [5.41, 5.74) is -0.00954. The summed E-state index contributed by atoms with van der Waals surface area (Å²) in [6.45, 7) is 6.38. The van der Waals surface area contributed by atoms with E-state index in [0.29, 0.717) is 5.56 Å². The summed E-state index contributed by atoms with van der Waals surface area (Å²) in [6.07, 6.45) is -1.73. The van der Waals surface area contributed by atoms with Crippen molar-refractivity contribution in [1.29, 1.82) is 0 Å². The van der Waals surface area contributed by atoms with E-state index in [0.717, 1.165) is 4.90 Å². The predicted molar refractivity (Wildman–Crippen MR) is 77.8 cm³/mol. The molecule has 0 aliphatic carbocycles. The highest BCUT2D eigenvalue weighted by atomic mass is 16.6. The van der Waals surface area contributed by atoms with Crippen molar-refractivity contribution in [1.82, 2.24) is 4.90 Å². The topological polar surface area (TPSA) is 72.9 Å². The van der Waals surface area contributed by atoms with Crippen molar-refractivity contribution in [2.45, 2.75) is 45.4 Å². The zero-order valence-electron chi connectivity index (χ0n) is 13.0. The molecule has 1 aliphatic heterocycles. The molecule has 0 spiro atoms. The average molecular weight is 305 g/mol. The van der Waals surface area contributed by atoms with E-state index in [2.05, 4.69) is 0 Å². The van der Waals surface area contributed by atoms with Crippen LogP contribution in [0.15, 0.2) is 30.3 Å². The van der Waals surface area contributed by atoms with Gasteiger partial charge in [0, 0.05) is 6.92 Å². The summed E-state index contributed by atoms with van der Waals surface area (Å²) in [7, 11) is 0. The number of carbonyl (C=O) groups excluding carboxylic acids is 3. The highest BCUT2D eigenvalue weighted by Crippen LogP contribution is 2.38. The number of amides is 2. The summed E-state index contributed by atoms with van der Waals surface area (Å²) < 4.78 is 10.3. The first-order valence-corrected chi connectivity index (χ1v) is 6.99. The van der Waals surface area contributed by atoms with Crippen molar-refractivity contribution in [3.8, 4) is 0 Å². The summed E-state index contributed by atoms with van der Waals surface area (Å²) >= 11 is 0. The van der Waals surface area contributed by atoms with Crippen LogP contribution in [0.25, 0.3) is 0 Å². The maximum Gasteiger partial charge on any atom is 0.417 e. The second-order valence-electron chi connectivity index (χ2n) is 6.07. The third-order valence-corrected chi connectivity index (χ3v) is 3.07. The fourth-order valence-corrected chi connectivity index (χ4v) is 2.24. The van der Waals surface area contributed by atoms with E-state index in [9.17, 15) is 14.4 Å². The van der Waals surface area contributed by atoms with Gasteiger partial charge in [-0.25, -0.2) is 9.69 Å². The number of esters is 1. The molecule has 1 fully saturated rings. The fraction of sp³-hybridized carbons (Fsp3) is 0.438. The first-order chi connectivity index (χ1) is 10.2. The quantitative estimate of drug-likeness (QED) is 0.620. The molecular weight excluding hydrogens is 286 g/mol. The lowest BCUT2D eigenvalue weighted by molar-refractivity contribution is -0.180. The van der Waals surface area contributed by atoms with E-state index >= 15 is 0 Å². The Kier molecular flexibility index (Phi) is 4.21. The first-order valence-electron chi connectivity index (χ1n) is 6.99. The Balaban J connectivity index is 2.27. The average Bonchev–Trinajstić information content (AvgIpc) is 2.40. The van der Waals surface area contributed by atoms with E-state index in [1.165, 1.54) is 6.92 Å². The van der Waals surface area contributed by atoms with E-state index in [-0.39, 0.29) is 0 Å². The van der Waals surface area contributed by atoms with Gasteiger partial charge in [0.1, 0.15) is 11.6 Å². The summed E-state index contributed by atoms with van der Waals surface area (Å²) in [4.78, 5) is 36.5. The molecule has 1 saturated heterocycles. The van der Waals surface area contributed by atoms with Crippen LogP contribution in [0.4, 0.5) is 4.79 Å². The fourth-order valence-electron chi connectivity index (χ4n) is 2.24. The zero-order chi connectivity index (χ0) is 16.5. The van der Waals surface area contributed by atoms with Crippen molar-refractivity contribution in [2.75, 3.05) is 0 Å². The normalized spacial score (nSPS) is 21.1. The lowest BCUT2D eigenvalue weighted by atomic mass is 9.91. The molecule has 118 valence electrons. The molecule has 0 saturated carbocycles. The first kappa shape index (κ1) is 16.0. The van der Waals surface area contributed by atoms with Gasteiger partial charge in [-0.3, -0.25) is 9.59 Å². The van der Waals surface area contributed by atoms with Crippen molar-refractivity contribution in [3.63, 3.8) is 0 Å². The number of nitrogens with zero attached hydrogens (tertiary/aromatic N) is 1. The summed E-state index contributed by atoms with van der Waals surface area (Å²) in [6, 6.07) is 8.28. The van der Waals surface area contributed by atoms with Gasteiger partial charge in [0.15, 0.2) is 0 Å². The predicted octanol–water partition coefficient (Wildman–Crippen LogP) is 2.44. The van der Waals surface area contributed by atoms with Gasteiger partial charge in [-0.2, -0.15) is 0 Å². The second-order valence-corrected chi connectivity index (χ2v) is 6.07. The van der Waals surface area contributed by atoms with Gasteiger partial charge in [-0.1, -0.05) is 30.3 Å². The second kappa shape index (κ2) is 5.79. The Morgan fingerprint density at radius 3 is 2.23 bits per heavy atom. The van der Waals surface area contributed by atoms with Crippen LogP contribution in [0.2, 0.25) is 0 Å². The van der Waals surface area contributed by atoms with Gasteiger partial charge >= 0.3 is 12.1 Å². The van der Waals surface area contributed by atoms with E-state index in [1.807, 2.05) is 6.07 Å². The molecule has 0 bridgehead atoms. The SMILES string of the molecule is CC(=O)OC1C(=O)N(C(=O)OC(C)(C)C)C1c1ccccc1. The van der Waals surface area contributed by atoms with E-state index < -0.39 is 35.7 Å². The molecule has 1 aromatic rings. The molecule has 2 amide bonds. The lowest BCUT2D eigenvalue weighted by Crippen LogP contribution is -2.63. The smallest absolute Gasteiger partial charge is 0.417 e. The van der Waals surface area contributed by atoms with Crippen LogP contribution in [0, 0.1) is 0 Å². The largest absolute Gasteiger partial charge is 0.450 e. The number of β-lactam (4-membered cyclic amide) rings is 1. The van der Waals surface area contributed by atoms with Crippen LogP contribution < -0.4 is 0 Å². The zero-order valence-corrected chi connectivity index (χ0v) is 13.0. The third kappa shape index (κ3) is 3.27.